The average Bonchev–Trinajstić information content (AvgIpc) is 2.62. The van der Waals surface area contributed by atoms with Crippen LogP contribution in [0.3, 0.4) is 0 Å². The van der Waals surface area contributed by atoms with Crippen LogP contribution in [0.2, 0.25) is 0 Å². The summed E-state index contributed by atoms with van der Waals surface area (Å²) in [6.45, 7) is 0. The first-order valence-electron chi connectivity index (χ1n) is 8.62. The zero-order valence-corrected chi connectivity index (χ0v) is 14.8. The lowest BCUT2D eigenvalue weighted by atomic mass is 9.78. The highest BCUT2D eigenvalue weighted by molar-refractivity contribution is 6.25. The third-order valence-corrected chi connectivity index (χ3v) is 5.25. The van der Waals surface area contributed by atoms with Gasteiger partial charge in [0.2, 0.25) is 0 Å². The minimum absolute atomic E-state index is 0.443. The van der Waals surface area contributed by atoms with Gasteiger partial charge in [0.05, 0.1) is 5.56 Å². The van der Waals surface area contributed by atoms with Gasteiger partial charge in [-0.05, 0) is 66.3 Å². The Kier molecular flexibility index (Phi) is 5.71. The molecule has 0 unspecified atom stereocenters. The summed E-state index contributed by atoms with van der Waals surface area (Å²) in [5, 5.41) is 0. The fourth-order valence-electron chi connectivity index (χ4n) is 3.62. The highest BCUT2D eigenvalue weighted by Crippen LogP contribution is 2.37. The highest BCUT2D eigenvalue weighted by Gasteiger charge is 2.33. The topological polar surface area (TPSA) is 0 Å². The van der Waals surface area contributed by atoms with Crippen LogP contribution in [-0.4, -0.2) is 0 Å². The van der Waals surface area contributed by atoms with E-state index in [1.54, 1.807) is 5.54 Å². The monoisotopic (exact) mass is 382 g/mol. The molecular weight excluding hydrogens is 364 g/mol. The minimum atomic E-state index is -4.68. The van der Waals surface area contributed by atoms with Crippen molar-refractivity contribution in [2.75, 3.05) is 0 Å². The van der Waals surface area contributed by atoms with E-state index in [0.29, 0.717) is 23.0 Å². The number of hydrogen-bond donors (Lipinski definition) is 0. The lowest BCUT2D eigenvalue weighted by molar-refractivity contribution is -0.139. The van der Waals surface area contributed by atoms with E-state index < -0.39 is 17.6 Å². The number of rotatable bonds is 3. The van der Waals surface area contributed by atoms with Crippen molar-refractivity contribution in [3.63, 3.8) is 0 Å². The molecule has 26 heavy (non-hydrogen) atoms. The molecule has 0 saturated heterocycles. The van der Waals surface area contributed by atoms with Crippen molar-refractivity contribution in [1.29, 1.82) is 0 Å². The fraction of sp³-hybridized carbons (Fsp3) is 0.333. The van der Waals surface area contributed by atoms with Crippen LogP contribution < -0.4 is 0 Å². The van der Waals surface area contributed by atoms with E-state index in [4.69, 9.17) is 11.6 Å². The number of allylic oxidation sites excluding steroid dienone is 1. The fourth-order valence-corrected chi connectivity index (χ4v) is 3.83. The predicted molar refractivity (Wildman–Crippen MR) is 96.5 cm³/mol. The summed E-state index contributed by atoms with van der Waals surface area (Å²) >= 11 is 5.64. The summed E-state index contributed by atoms with van der Waals surface area (Å²) < 4.78 is 51.8. The van der Waals surface area contributed by atoms with Gasteiger partial charge in [-0.1, -0.05) is 48.0 Å². The van der Waals surface area contributed by atoms with Gasteiger partial charge in [0.15, 0.2) is 0 Å². The Morgan fingerprint density at radius 3 is 2.04 bits per heavy atom. The third-order valence-electron chi connectivity index (χ3n) is 5.11. The largest absolute Gasteiger partial charge is 0.419 e. The smallest absolute Gasteiger partial charge is 0.206 e. The van der Waals surface area contributed by atoms with Gasteiger partial charge in [-0.2, -0.15) is 13.2 Å². The Balaban J connectivity index is 1.73. The Morgan fingerprint density at radius 2 is 1.50 bits per heavy atom. The molecule has 0 aromatic heterocycles. The maximum atomic E-state index is 13.8. The molecule has 0 spiro atoms. The molecule has 0 radical (unpaired) electrons. The van der Waals surface area contributed by atoms with Crippen molar-refractivity contribution in [3.05, 3.63) is 71.0 Å². The maximum Gasteiger partial charge on any atom is 0.419 e. The van der Waals surface area contributed by atoms with Gasteiger partial charge in [0.1, 0.15) is 5.82 Å². The first kappa shape index (κ1) is 19.0. The zero-order chi connectivity index (χ0) is 18.7. The van der Waals surface area contributed by atoms with E-state index >= 15 is 0 Å². The molecule has 0 heterocycles. The molecule has 0 amide bonds. The predicted octanol–water partition coefficient (Wildman–Crippen LogP) is 7.54. The lowest BCUT2D eigenvalue weighted by Gasteiger charge is -2.27. The van der Waals surface area contributed by atoms with Gasteiger partial charge in [-0.3, -0.25) is 0 Å². The quantitative estimate of drug-likeness (QED) is 0.481. The zero-order valence-electron chi connectivity index (χ0n) is 14.1. The van der Waals surface area contributed by atoms with Crippen molar-refractivity contribution >= 4 is 11.6 Å². The summed E-state index contributed by atoms with van der Waals surface area (Å²) in [6.07, 6.45) is 1.73. The summed E-state index contributed by atoms with van der Waals surface area (Å²) in [5.41, 5.74) is 2.72. The summed E-state index contributed by atoms with van der Waals surface area (Å²) in [4.78, 5) is 0. The second-order valence-electron chi connectivity index (χ2n) is 6.74. The number of alkyl halides is 3. The molecule has 1 saturated carbocycles. The van der Waals surface area contributed by atoms with Crippen molar-refractivity contribution in [1.82, 2.24) is 0 Å². The average molecular weight is 383 g/mol. The molecule has 0 aliphatic heterocycles. The molecule has 0 atom stereocenters. The van der Waals surface area contributed by atoms with Gasteiger partial charge >= 0.3 is 6.18 Å². The molecule has 0 bridgehead atoms. The van der Waals surface area contributed by atoms with Crippen molar-refractivity contribution < 1.29 is 17.6 Å². The Hall–Kier alpha value is -1.81. The van der Waals surface area contributed by atoms with Crippen LogP contribution in [0.25, 0.3) is 11.1 Å². The molecule has 5 heteroatoms. The number of benzene rings is 2. The molecule has 1 fully saturated rings. The van der Waals surface area contributed by atoms with Crippen LogP contribution in [0.1, 0.15) is 42.7 Å². The maximum absolute atomic E-state index is 13.8. The van der Waals surface area contributed by atoms with Crippen LogP contribution >= 0.6 is 11.6 Å². The van der Waals surface area contributed by atoms with Gasteiger partial charge in [0.25, 0.3) is 0 Å². The van der Waals surface area contributed by atoms with Crippen LogP contribution in [0.4, 0.5) is 17.6 Å². The molecule has 0 N–H and O–H groups in total. The van der Waals surface area contributed by atoms with Crippen LogP contribution in [0.15, 0.2) is 54.1 Å². The Morgan fingerprint density at radius 1 is 0.885 bits per heavy atom. The molecule has 2 aromatic rings. The minimum Gasteiger partial charge on any atom is -0.206 e. The van der Waals surface area contributed by atoms with E-state index in [1.807, 2.05) is 30.3 Å². The third kappa shape index (κ3) is 4.29. The molecule has 2 aromatic carbocycles. The van der Waals surface area contributed by atoms with Gasteiger partial charge in [-0.15, -0.1) is 0 Å². The summed E-state index contributed by atoms with van der Waals surface area (Å²) in [6, 6.07) is 10.7. The molecule has 1 aliphatic rings. The molecule has 138 valence electrons. The van der Waals surface area contributed by atoms with E-state index in [1.165, 1.54) is 11.6 Å². The first-order chi connectivity index (χ1) is 12.4. The molecule has 3 rings (SSSR count). The van der Waals surface area contributed by atoms with E-state index in [0.717, 1.165) is 37.8 Å². The van der Waals surface area contributed by atoms with E-state index in [9.17, 15) is 17.6 Å². The Labute approximate surface area is 155 Å². The van der Waals surface area contributed by atoms with Gasteiger partial charge in [0, 0.05) is 5.54 Å². The normalized spacial score (nSPS) is 21.3. The summed E-state index contributed by atoms with van der Waals surface area (Å²) in [7, 11) is 0. The molecular formula is C21H19ClF4. The van der Waals surface area contributed by atoms with Gasteiger partial charge in [-0.25, -0.2) is 4.39 Å². The molecule has 0 nitrogen and oxygen atoms in total. The molecule has 1 aliphatic carbocycles. The summed E-state index contributed by atoms with van der Waals surface area (Å²) in [5.74, 6) is -0.226. The first-order valence-corrected chi connectivity index (χ1v) is 9.06. The SMILES string of the molecule is Fc1cc(-c2ccc(C3CCC(C=CCl)CC3)cc2)ccc1C(F)(F)F. The van der Waals surface area contributed by atoms with Crippen LogP contribution in [-0.2, 0) is 6.18 Å². The van der Waals surface area contributed by atoms with Crippen LogP contribution in [0, 0.1) is 11.7 Å². The second kappa shape index (κ2) is 7.83. The van der Waals surface area contributed by atoms with Crippen LogP contribution in [0.5, 0.6) is 0 Å². The second-order valence-corrected chi connectivity index (χ2v) is 7.00. The van der Waals surface area contributed by atoms with Crippen molar-refractivity contribution in [3.8, 4) is 11.1 Å². The number of halogens is 5. The van der Waals surface area contributed by atoms with E-state index in [2.05, 4.69) is 0 Å². The lowest BCUT2D eigenvalue weighted by Crippen LogP contribution is -2.11. The Bertz CT molecular complexity index is 770. The number of hydrogen-bond acceptors (Lipinski definition) is 0. The van der Waals surface area contributed by atoms with Crippen molar-refractivity contribution in [2.45, 2.75) is 37.8 Å². The standard InChI is InChI=1S/C21H19ClF4/c22-12-11-14-1-3-15(4-2-14)16-5-7-17(8-6-16)18-9-10-19(20(23)13-18)21(24,25)26/h5-15H,1-4H2. The van der Waals surface area contributed by atoms with Gasteiger partial charge < -0.3 is 0 Å². The highest BCUT2D eigenvalue weighted by atomic mass is 35.5. The van der Waals surface area contributed by atoms with E-state index in [-0.39, 0.29) is 0 Å². The van der Waals surface area contributed by atoms with Crippen molar-refractivity contribution in [2.24, 2.45) is 5.92 Å².